The van der Waals surface area contributed by atoms with Crippen LogP contribution in [-0.4, -0.2) is 11.9 Å². The lowest BCUT2D eigenvalue weighted by Crippen LogP contribution is -2.36. The van der Waals surface area contributed by atoms with Crippen molar-refractivity contribution in [3.8, 4) is 0 Å². The van der Waals surface area contributed by atoms with Crippen molar-refractivity contribution in [3.05, 3.63) is 58.4 Å². The number of hydrogen-bond donors (Lipinski definition) is 1. The summed E-state index contributed by atoms with van der Waals surface area (Å²) >= 11 is 6.00. The second-order valence-electron chi connectivity index (χ2n) is 5.21. The van der Waals surface area contributed by atoms with Crippen LogP contribution in [0.4, 0.5) is 15.8 Å². The number of anilines is 2. The molecule has 0 saturated heterocycles. The zero-order valence-corrected chi connectivity index (χ0v) is 12.2. The molecular weight excluding hydrogens is 291 g/mol. The largest absolute Gasteiger partial charge is 0.399 e. The highest BCUT2D eigenvalue weighted by Crippen LogP contribution is 2.35. The first-order chi connectivity index (χ1) is 9.99. The minimum absolute atomic E-state index is 0.0648. The van der Waals surface area contributed by atoms with Gasteiger partial charge in [-0.25, -0.2) is 4.39 Å². The molecule has 3 rings (SSSR count). The number of halogens is 2. The fraction of sp³-hybridized carbons (Fsp3) is 0.188. The molecule has 1 amide bonds. The molecule has 108 valence electrons. The summed E-state index contributed by atoms with van der Waals surface area (Å²) in [7, 11) is 0. The van der Waals surface area contributed by atoms with Gasteiger partial charge in [0.1, 0.15) is 5.82 Å². The van der Waals surface area contributed by atoms with Gasteiger partial charge in [0.05, 0.1) is 10.6 Å². The molecule has 1 aliphatic rings. The summed E-state index contributed by atoms with van der Waals surface area (Å²) in [6, 6.07) is 9.55. The van der Waals surface area contributed by atoms with E-state index in [2.05, 4.69) is 0 Å². The lowest BCUT2D eigenvalue weighted by atomic mass is 10.1. The quantitative estimate of drug-likeness (QED) is 0.817. The van der Waals surface area contributed by atoms with Crippen LogP contribution < -0.4 is 10.6 Å². The van der Waals surface area contributed by atoms with Crippen molar-refractivity contribution in [2.45, 2.75) is 19.4 Å². The minimum atomic E-state index is -0.608. The average Bonchev–Trinajstić information content (AvgIpc) is 2.73. The molecule has 2 aromatic rings. The Balaban J connectivity index is 2.07. The Morgan fingerprint density at radius 1 is 1.38 bits per heavy atom. The third kappa shape index (κ3) is 2.25. The van der Waals surface area contributed by atoms with Crippen LogP contribution in [0.2, 0.25) is 5.02 Å². The van der Waals surface area contributed by atoms with Gasteiger partial charge in [0, 0.05) is 17.4 Å². The van der Waals surface area contributed by atoms with Crippen LogP contribution in [0.1, 0.15) is 22.8 Å². The fourth-order valence-electron chi connectivity index (χ4n) is 2.78. The summed E-state index contributed by atoms with van der Waals surface area (Å²) in [6.07, 6.45) is 0.693. The third-order valence-electron chi connectivity index (χ3n) is 3.71. The number of nitrogen functional groups attached to an aromatic ring is 1. The summed E-state index contributed by atoms with van der Waals surface area (Å²) in [4.78, 5) is 14.3. The van der Waals surface area contributed by atoms with Gasteiger partial charge >= 0.3 is 0 Å². The normalized spacial score (nSPS) is 16.9. The lowest BCUT2D eigenvalue weighted by molar-refractivity contribution is 0.0977. The van der Waals surface area contributed by atoms with Crippen LogP contribution in [-0.2, 0) is 6.42 Å². The van der Waals surface area contributed by atoms with Crippen molar-refractivity contribution in [1.29, 1.82) is 0 Å². The Bertz CT molecular complexity index is 712. The van der Waals surface area contributed by atoms with Gasteiger partial charge in [0.2, 0.25) is 0 Å². The highest BCUT2D eigenvalue weighted by molar-refractivity contribution is 6.34. The first-order valence-electron chi connectivity index (χ1n) is 6.65. The number of carbonyl (C=O) groups excluding carboxylic acids is 1. The maximum Gasteiger partial charge on any atom is 0.263 e. The topological polar surface area (TPSA) is 46.3 Å². The molecule has 1 aliphatic heterocycles. The van der Waals surface area contributed by atoms with Crippen molar-refractivity contribution >= 4 is 28.9 Å². The van der Waals surface area contributed by atoms with Gasteiger partial charge in [-0.3, -0.25) is 4.79 Å². The predicted octanol–water partition coefficient (Wildman–Crippen LogP) is 3.65. The lowest BCUT2D eigenvalue weighted by Gasteiger charge is -2.23. The zero-order chi connectivity index (χ0) is 15.1. The number of rotatable bonds is 1. The van der Waals surface area contributed by atoms with E-state index in [1.807, 2.05) is 13.0 Å². The number of benzene rings is 2. The number of amides is 1. The van der Waals surface area contributed by atoms with E-state index in [0.29, 0.717) is 12.1 Å². The summed E-state index contributed by atoms with van der Waals surface area (Å²) < 4.78 is 14.0. The number of nitrogens with zero attached hydrogens (tertiary/aromatic N) is 1. The van der Waals surface area contributed by atoms with Gasteiger partial charge in [0.25, 0.3) is 5.91 Å². The van der Waals surface area contributed by atoms with Crippen molar-refractivity contribution in [1.82, 2.24) is 0 Å². The van der Waals surface area contributed by atoms with E-state index in [-0.39, 0.29) is 16.6 Å². The van der Waals surface area contributed by atoms with E-state index < -0.39 is 11.7 Å². The number of nitrogens with two attached hydrogens (primary N) is 1. The monoisotopic (exact) mass is 304 g/mol. The molecule has 0 spiro atoms. The molecule has 0 fully saturated rings. The van der Waals surface area contributed by atoms with Crippen LogP contribution in [0.5, 0.6) is 0 Å². The van der Waals surface area contributed by atoms with Crippen molar-refractivity contribution in [3.63, 3.8) is 0 Å². The highest BCUT2D eigenvalue weighted by Gasteiger charge is 2.33. The summed E-state index contributed by atoms with van der Waals surface area (Å²) in [6.45, 7) is 1.92. The Hall–Kier alpha value is -2.07. The molecule has 0 bridgehead atoms. The number of fused-ring (bicyclic) bond motifs is 1. The van der Waals surface area contributed by atoms with E-state index in [1.165, 1.54) is 18.2 Å². The first-order valence-corrected chi connectivity index (χ1v) is 7.03. The minimum Gasteiger partial charge on any atom is -0.399 e. The van der Waals surface area contributed by atoms with Gasteiger partial charge in [-0.1, -0.05) is 17.7 Å². The second kappa shape index (κ2) is 5.04. The van der Waals surface area contributed by atoms with Crippen LogP contribution in [0.25, 0.3) is 0 Å². The van der Waals surface area contributed by atoms with Gasteiger partial charge in [-0.15, -0.1) is 0 Å². The van der Waals surface area contributed by atoms with Gasteiger partial charge in [-0.2, -0.15) is 0 Å². The van der Waals surface area contributed by atoms with Crippen LogP contribution >= 0.6 is 11.6 Å². The molecule has 1 atom stereocenters. The Morgan fingerprint density at radius 3 is 2.86 bits per heavy atom. The fourth-order valence-corrected chi connectivity index (χ4v) is 3.03. The van der Waals surface area contributed by atoms with Gasteiger partial charge < -0.3 is 10.6 Å². The molecule has 0 aromatic heterocycles. The van der Waals surface area contributed by atoms with E-state index >= 15 is 0 Å². The number of carbonyl (C=O) groups is 1. The van der Waals surface area contributed by atoms with Crippen LogP contribution in [0.15, 0.2) is 36.4 Å². The third-order valence-corrected chi connectivity index (χ3v) is 4.03. The zero-order valence-electron chi connectivity index (χ0n) is 11.4. The summed E-state index contributed by atoms with van der Waals surface area (Å²) in [5.74, 6) is -1.03. The van der Waals surface area contributed by atoms with E-state index in [1.54, 1.807) is 17.0 Å². The SMILES string of the molecule is CC1Cc2cc(N)ccc2N1C(=O)c1c(F)cccc1Cl. The summed E-state index contributed by atoms with van der Waals surface area (Å²) in [5, 5.41) is 0.121. The highest BCUT2D eigenvalue weighted by atomic mass is 35.5. The predicted molar refractivity (Wildman–Crippen MR) is 82.2 cm³/mol. The van der Waals surface area contributed by atoms with Gasteiger partial charge in [0.15, 0.2) is 0 Å². The molecule has 3 nitrogen and oxygen atoms in total. The van der Waals surface area contributed by atoms with Gasteiger partial charge in [-0.05, 0) is 49.2 Å². The molecule has 0 aliphatic carbocycles. The molecule has 1 heterocycles. The maximum absolute atomic E-state index is 14.0. The second-order valence-corrected chi connectivity index (χ2v) is 5.62. The molecule has 1 unspecified atom stereocenters. The van der Waals surface area contributed by atoms with E-state index in [0.717, 1.165) is 11.3 Å². The van der Waals surface area contributed by atoms with Crippen molar-refractivity contribution in [2.75, 3.05) is 10.6 Å². The van der Waals surface area contributed by atoms with Crippen LogP contribution in [0, 0.1) is 5.82 Å². The molecular formula is C16H14ClFN2O. The first kappa shape index (κ1) is 13.9. The molecule has 0 radical (unpaired) electrons. The molecule has 21 heavy (non-hydrogen) atoms. The van der Waals surface area contributed by atoms with Crippen molar-refractivity contribution < 1.29 is 9.18 Å². The Labute approximate surface area is 127 Å². The summed E-state index contributed by atoms with van der Waals surface area (Å²) in [5.41, 5.74) is 8.09. The smallest absolute Gasteiger partial charge is 0.263 e. The molecule has 2 N–H and O–H groups in total. The van der Waals surface area contributed by atoms with E-state index in [4.69, 9.17) is 17.3 Å². The number of hydrogen-bond acceptors (Lipinski definition) is 2. The Kier molecular flexibility index (Phi) is 3.33. The average molecular weight is 305 g/mol. The van der Waals surface area contributed by atoms with E-state index in [9.17, 15) is 9.18 Å². The Morgan fingerprint density at radius 2 is 2.14 bits per heavy atom. The van der Waals surface area contributed by atoms with Crippen molar-refractivity contribution in [2.24, 2.45) is 0 Å². The molecule has 2 aromatic carbocycles. The molecule has 5 heteroatoms. The molecule has 0 saturated carbocycles. The standard InChI is InChI=1S/C16H14ClFN2O/c1-9-7-10-8-11(19)5-6-14(10)20(9)16(21)15-12(17)3-2-4-13(15)18/h2-6,8-9H,7,19H2,1H3. The maximum atomic E-state index is 14.0. The van der Waals surface area contributed by atoms with Crippen LogP contribution in [0.3, 0.4) is 0 Å².